The Labute approximate surface area is 124 Å². The Morgan fingerprint density at radius 2 is 2.00 bits per heavy atom. The largest absolute Gasteiger partial charge is 0.416 e. The fraction of sp³-hybridized carbons (Fsp3) is 0.462. The molecule has 0 aromatic heterocycles. The summed E-state index contributed by atoms with van der Waals surface area (Å²) in [4.78, 5) is 21.2. The highest BCUT2D eigenvalue weighted by Gasteiger charge is 2.32. The third-order valence-corrected chi connectivity index (χ3v) is 2.76. The number of halogens is 3. The van der Waals surface area contributed by atoms with Gasteiger partial charge in [0.25, 0.3) is 5.69 Å². The maximum absolute atomic E-state index is 12.5. The molecule has 1 rings (SSSR count). The first kappa shape index (κ1) is 17.7. The van der Waals surface area contributed by atoms with Crippen molar-refractivity contribution in [1.29, 1.82) is 0 Å². The molecule has 0 radical (unpaired) electrons. The standard InChI is InChI=1S/C13H16F3N3O3/c1-2-3-12(20)18-7-6-17-10-5-4-9(13(14,15)16)8-11(10)19(21)22/h4-5,8,17H,2-3,6-7H2,1H3,(H,18,20). The molecular weight excluding hydrogens is 303 g/mol. The Hall–Kier alpha value is -2.32. The van der Waals surface area contributed by atoms with Gasteiger partial charge < -0.3 is 10.6 Å². The molecule has 1 aromatic rings. The predicted molar refractivity (Wildman–Crippen MR) is 74.5 cm³/mol. The minimum atomic E-state index is -4.64. The zero-order valence-corrected chi connectivity index (χ0v) is 11.9. The lowest BCUT2D eigenvalue weighted by Crippen LogP contribution is -2.28. The highest BCUT2D eigenvalue weighted by atomic mass is 19.4. The molecule has 122 valence electrons. The molecule has 1 amide bonds. The van der Waals surface area contributed by atoms with Crippen LogP contribution in [0.15, 0.2) is 18.2 Å². The first-order valence-corrected chi connectivity index (χ1v) is 6.62. The molecule has 0 saturated carbocycles. The number of alkyl halides is 3. The van der Waals surface area contributed by atoms with Gasteiger partial charge in [-0.15, -0.1) is 0 Å². The summed E-state index contributed by atoms with van der Waals surface area (Å²) in [6, 6.07) is 2.26. The van der Waals surface area contributed by atoms with Gasteiger partial charge in [0.2, 0.25) is 5.91 Å². The maximum Gasteiger partial charge on any atom is 0.416 e. The third kappa shape index (κ3) is 5.23. The van der Waals surface area contributed by atoms with Crippen molar-refractivity contribution in [2.75, 3.05) is 18.4 Å². The van der Waals surface area contributed by atoms with Crippen molar-refractivity contribution in [2.45, 2.75) is 25.9 Å². The number of anilines is 1. The molecule has 0 aliphatic rings. The normalized spacial score (nSPS) is 11.1. The van der Waals surface area contributed by atoms with Crippen LogP contribution in [0, 0.1) is 10.1 Å². The molecule has 22 heavy (non-hydrogen) atoms. The van der Waals surface area contributed by atoms with Crippen molar-refractivity contribution >= 4 is 17.3 Å². The van der Waals surface area contributed by atoms with E-state index in [0.29, 0.717) is 18.9 Å². The van der Waals surface area contributed by atoms with Crippen molar-refractivity contribution in [1.82, 2.24) is 5.32 Å². The van der Waals surface area contributed by atoms with Gasteiger partial charge in [-0.1, -0.05) is 6.92 Å². The predicted octanol–water partition coefficient (Wildman–Crippen LogP) is 2.94. The van der Waals surface area contributed by atoms with E-state index in [1.165, 1.54) is 0 Å². The molecule has 6 nitrogen and oxygen atoms in total. The average molecular weight is 319 g/mol. The number of carbonyl (C=O) groups is 1. The summed E-state index contributed by atoms with van der Waals surface area (Å²) in [5, 5.41) is 16.1. The van der Waals surface area contributed by atoms with E-state index in [1.807, 2.05) is 6.92 Å². The Bertz CT molecular complexity index is 547. The monoisotopic (exact) mass is 319 g/mol. The van der Waals surface area contributed by atoms with Gasteiger partial charge in [-0.2, -0.15) is 13.2 Å². The lowest BCUT2D eigenvalue weighted by atomic mass is 10.1. The second-order valence-electron chi connectivity index (χ2n) is 4.51. The van der Waals surface area contributed by atoms with Crippen LogP contribution in [0.3, 0.4) is 0 Å². The van der Waals surface area contributed by atoms with E-state index in [4.69, 9.17) is 0 Å². The molecule has 9 heteroatoms. The summed E-state index contributed by atoms with van der Waals surface area (Å²) < 4.78 is 37.6. The molecule has 0 saturated heterocycles. The van der Waals surface area contributed by atoms with E-state index in [-0.39, 0.29) is 24.7 Å². The summed E-state index contributed by atoms with van der Waals surface area (Å²) in [5.74, 6) is -0.147. The number of benzene rings is 1. The molecule has 0 heterocycles. The fourth-order valence-electron chi connectivity index (χ4n) is 1.72. The smallest absolute Gasteiger partial charge is 0.378 e. The lowest BCUT2D eigenvalue weighted by Gasteiger charge is -2.11. The Balaban J connectivity index is 2.70. The highest BCUT2D eigenvalue weighted by molar-refractivity contribution is 5.75. The van der Waals surface area contributed by atoms with Crippen LogP contribution in [-0.4, -0.2) is 23.9 Å². The van der Waals surface area contributed by atoms with Crippen molar-refractivity contribution < 1.29 is 22.9 Å². The number of hydrogen-bond acceptors (Lipinski definition) is 4. The second-order valence-corrected chi connectivity index (χ2v) is 4.51. The molecule has 0 fully saturated rings. The van der Waals surface area contributed by atoms with Gasteiger partial charge in [-0.3, -0.25) is 14.9 Å². The van der Waals surface area contributed by atoms with Gasteiger partial charge in [-0.05, 0) is 18.6 Å². The highest BCUT2D eigenvalue weighted by Crippen LogP contribution is 2.34. The van der Waals surface area contributed by atoms with Gasteiger partial charge in [-0.25, -0.2) is 0 Å². The molecule has 1 aromatic carbocycles. The van der Waals surface area contributed by atoms with E-state index >= 15 is 0 Å². The van der Waals surface area contributed by atoms with Crippen molar-refractivity contribution in [3.05, 3.63) is 33.9 Å². The topological polar surface area (TPSA) is 84.3 Å². The number of nitro groups is 1. The number of carbonyl (C=O) groups excluding carboxylic acids is 1. The zero-order valence-electron chi connectivity index (χ0n) is 11.9. The van der Waals surface area contributed by atoms with Crippen LogP contribution in [-0.2, 0) is 11.0 Å². The number of amides is 1. The summed E-state index contributed by atoms with van der Waals surface area (Å²) >= 11 is 0. The van der Waals surface area contributed by atoms with Crippen LogP contribution >= 0.6 is 0 Å². The van der Waals surface area contributed by atoms with E-state index in [9.17, 15) is 28.1 Å². The Morgan fingerprint density at radius 1 is 1.32 bits per heavy atom. The molecule has 0 spiro atoms. The number of nitro benzene ring substituents is 1. The first-order valence-electron chi connectivity index (χ1n) is 6.62. The van der Waals surface area contributed by atoms with Gasteiger partial charge in [0, 0.05) is 25.6 Å². The molecule has 0 unspecified atom stereocenters. The molecule has 0 atom stereocenters. The van der Waals surface area contributed by atoms with Crippen LogP contribution in [0.4, 0.5) is 24.5 Å². The number of rotatable bonds is 7. The quantitative estimate of drug-likeness (QED) is 0.460. The van der Waals surface area contributed by atoms with Gasteiger partial charge in [0.1, 0.15) is 5.69 Å². The molecular formula is C13H16F3N3O3. The van der Waals surface area contributed by atoms with E-state index < -0.39 is 22.4 Å². The van der Waals surface area contributed by atoms with Gasteiger partial charge in [0.15, 0.2) is 0 Å². The number of nitrogens with one attached hydrogen (secondary N) is 2. The molecule has 0 aliphatic carbocycles. The van der Waals surface area contributed by atoms with Crippen LogP contribution in [0.2, 0.25) is 0 Å². The fourth-order valence-corrected chi connectivity index (χ4v) is 1.72. The van der Waals surface area contributed by atoms with Crippen molar-refractivity contribution in [3.63, 3.8) is 0 Å². The van der Waals surface area contributed by atoms with E-state index in [1.54, 1.807) is 0 Å². The summed E-state index contributed by atoms with van der Waals surface area (Å²) in [5.41, 5.74) is -1.77. The minimum absolute atomic E-state index is 0.0252. The summed E-state index contributed by atoms with van der Waals surface area (Å²) in [7, 11) is 0. The molecule has 0 aliphatic heterocycles. The SMILES string of the molecule is CCCC(=O)NCCNc1ccc(C(F)(F)F)cc1[N+](=O)[O-]. The summed E-state index contributed by atoms with van der Waals surface area (Å²) in [6.45, 7) is 2.24. The van der Waals surface area contributed by atoms with Crippen LogP contribution in [0.25, 0.3) is 0 Å². The Morgan fingerprint density at radius 3 is 2.55 bits per heavy atom. The Kier molecular flexibility index (Phi) is 6.14. The molecule has 0 bridgehead atoms. The van der Waals surface area contributed by atoms with Crippen molar-refractivity contribution in [2.24, 2.45) is 0 Å². The minimum Gasteiger partial charge on any atom is -0.378 e. The zero-order chi connectivity index (χ0) is 16.8. The van der Waals surface area contributed by atoms with E-state index in [0.717, 1.165) is 12.1 Å². The van der Waals surface area contributed by atoms with Crippen LogP contribution < -0.4 is 10.6 Å². The molecule has 2 N–H and O–H groups in total. The van der Waals surface area contributed by atoms with Gasteiger partial charge >= 0.3 is 6.18 Å². The van der Waals surface area contributed by atoms with E-state index in [2.05, 4.69) is 10.6 Å². The van der Waals surface area contributed by atoms with Crippen molar-refractivity contribution in [3.8, 4) is 0 Å². The third-order valence-electron chi connectivity index (χ3n) is 2.76. The number of hydrogen-bond donors (Lipinski definition) is 2. The van der Waals surface area contributed by atoms with Gasteiger partial charge in [0.05, 0.1) is 10.5 Å². The summed E-state index contributed by atoms with van der Waals surface area (Å²) in [6.07, 6.45) is -3.57. The number of nitrogens with zero attached hydrogens (tertiary/aromatic N) is 1. The second kappa shape index (κ2) is 7.62. The maximum atomic E-state index is 12.5. The van der Waals surface area contributed by atoms with Crippen LogP contribution in [0.5, 0.6) is 0 Å². The lowest BCUT2D eigenvalue weighted by molar-refractivity contribution is -0.384. The first-order chi connectivity index (χ1) is 10.3. The average Bonchev–Trinajstić information content (AvgIpc) is 2.42. The van der Waals surface area contributed by atoms with Crippen LogP contribution in [0.1, 0.15) is 25.3 Å².